The minimum absolute atomic E-state index is 1.00. The molecule has 0 saturated heterocycles. The van der Waals surface area contributed by atoms with Crippen molar-refractivity contribution >= 4 is 0 Å². The summed E-state index contributed by atoms with van der Waals surface area (Å²) in [6, 6.07) is 0. The van der Waals surface area contributed by atoms with Gasteiger partial charge in [-0.15, -0.1) is 0 Å². The predicted octanol–water partition coefficient (Wildman–Crippen LogP) is -4.12. The summed E-state index contributed by atoms with van der Waals surface area (Å²) in [5.41, 5.74) is 6.97. The normalized spacial score (nSPS) is 8.55. The van der Waals surface area contributed by atoms with Crippen molar-refractivity contribution in [3.05, 3.63) is 0 Å². The standard InChI is InChI=1S/2C2H7N.Mo.4O/c2*1-2-3;;;;;/h2*2-3H2,1H3;;;;;/q;;;;;2*-1/p+2. The van der Waals surface area contributed by atoms with Gasteiger partial charge in [-0.25, -0.2) is 0 Å². The number of rotatable bonds is 0. The first-order chi connectivity index (χ1) is 4.83. The molecule has 0 aromatic heterocycles. The van der Waals surface area contributed by atoms with E-state index in [2.05, 4.69) is 11.5 Å². The molecule has 6 N–H and O–H groups in total. The molecule has 0 aliphatic heterocycles. The van der Waals surface area contributed by atoms with Gasteiger partial charge in [-0.1, -0.05) is 0 Å². The molecule has 11 heavy (non-hydrogen) atoms. The van der Waals surface area contributed by atoms with Gasteiger partial charge in [0.15, 0.2) is 0 Å². The molecule has 7 heteroatoms. The zero-order valence-electron chi connectivity index (χ0n) is 6.87. The van der Waals surface area contributed by atoms with E-state index >= 15 is 0 Å². The Morgan fingerprint density at radius 2 is 1.09 bits per heavy atom. The van der Waals surface area contributed by atoms with Gasteiger partial charge in [0.1, 0.15) is 0 Å². The molecule has 0 atom stereocenters. The molecule has 0 bridgehead atoms. The van der Waals surface area contributed by atoms with Crippen LogP contribution in [0.2, 0.25) is 0 Å². The van der Waals surface area contributed by atoms with Crippen LogP contribution >= 0.6 is 0 Å². The van der Waals surface area contributed by atoms with Crippen LogP contribution in [0, 0.1) is 0 Å². The summed E-state index contributed by atoms with van der Waals surface area (Å²) in [5, 5.41) is 0. The van der Waals surface area contributed by atoms with Gasteiger partial charge < -0.3 is 11.5 Å². The van der Waals surface area contributed by atoms with Crippen molar-refractivity contribution in [2.45, 2.75) is 13.8 Å². The summed E-state index contributed by atoms with van der Waals surface area (Å²) in [7, 11) is 0. The first-order valence-electron chi connectivity index (χ1n) is 3.08. The van der Waals surface area contributed by atoms with E-state index in [0.29, 0.717) is 0 Å². The van der Waals surface area contributed by atoms with Crippen molar-refractivity contribution in [2.75, 3.05) is 13.1 Å². The van der Waals surface area contributed by atoms with Gasteiger partial charge >= 0.3 is 31.1 Å². The first kappa shape index (κ1) is 17.3. The number of quaternary nitrogens is 2. The van der Waals surface area contributed by atoms with Gasteiger partial charge in [-0.2, -0.15) is 0 Å². The zero-order valence-corrected chi connectivity index (χ0v) is 8.88. The van der Waals surface area contributed by atoms with Gasteiger partial charge in [0.25, 0.3) is 0 Å². The second-order valence-corrected chi connectivity index (χ2v) is 3.42. The average molecular weight is 252 g/mol. The first-order valence-corrected chi connectivity index (χ1v) is 6.36. The van der Waals surface area contributed by atoms with Crippen LogP contribution in [-0.4, -0.2) is 13.1 Å². The minimum atomic E-state index is -6.02. The Morgan fingerprint density at radius 3 is 1.09 bits per heavy atom. The van der Waals surface area contributed by atoms with Crippen LogP contribution in [0.3, 0.4) is 0 Å². The molecular formula is C4H16MoN2O4. The van der Waals surface area contributed by atoms with Crippen LogP contribution in [0.5, 0.6) is 0 Å². The molecule has 6 nitrogen and oxygen atoms in total. The quantitative estimate of drug-likeness (QED) is 0.423. The topological polar surface area (TPSA) is 136 Å². The molecule has 0 heterocycles. The fourth-order valence-corrected chi connectivity index (χ4v) is 0. The molecule has 0 unspecified atom stereocenters. The number of hydrogen-bond acceptors (Lipinski definition) is 4. The van der Waals surface area contributed by atoms with Crippen LogP contribution in [0.25, 0.3) is 0 Å². The molecule has 0 aliphatic carbocycles. The fraction of sp³-hybridized carbons (Fsp3) is 1.00. The maximum atomic E-state index is 8.63. The molecule has 0 aromatic rings. The third kappa shape index (κ3) is 40600. The van der Waals surface area contributed by atoms with E-state index in [1.807, 2.05) is 13.8 Å². The van der Waals surface area contributed by atoms with E-state index in [0.717, 1.165) is 13.1 Å². The second kappa shape index (κ2) is 12.8. The van der Waals surface area contributed by atoms with E-state index in [-0.39, 0.29) is 0 Å². The molecule has 0 fully saturated rings. The zero-order chi connectivity index (χ0) is 9.91. The summed E-state index contributed by atoms with van der Waals surface area (Å²) < 4.78 is 34.5. The average Bonchev–Trinajstić information content (AvgIpc) is 1.62. The van der Waals surface area contributed by atoms with Crippen molar-refractivity contribution in [3.63, 3.8) is 0 Å². The van der Waals surface area contributed by atoms with Crippen LogP contribution in [0.15, 0.2) is 0 Å². The third-order valence-electron chi connectivity index (χ3n) is 0. The summed E-state index contributed by atoms with van der Waals surface area (Å²) in [4.78, 5) is 0. The monoisotopic (exact) mass is 254 g/mol. The maximum absolute atomic E-state index is 8.63. The molecule has 0 aliphatic rings. The fourth-order valence-electron chi connectivity index (χ4n) is 0. The van der Waals surface area contributed by atoms with Gasteiger partial charge in [0.05, 0.1) is 13.1 Å². The van der Waals surface area contributed by atoms with Crippen molar-refractivity contribution < 1.29 is 42.5 Å². The molecule has 0 aromatic carbocycles. The van der Waals surface area contributed by atoms with Crippen LogP contribution in [0.4, 0.5) is 0 Å². The van der Waals surface area contributed by atoms with E-state index in [1.165, 1.54) is 0 Å². The Bertz CT molecular complexity index is 123. The third-order valence-corrected chi connectivity index (χ3v) is 0. The van der Waals surface area contributed by atoms with E-state index in [4.69, 9.17) is 14.3 Å². The Hall–Kier alpha value is 0.128. The Labute approximate surface area is 69.9 Å². The SMILES string of the molecule is CC[NH3+].CC[NH3+].[O]=[Mo](=[O])([O-])[O-]. The molecule has 0 amide bonds. The van der Waals surface area contributed by atoms with Crippen LogP contribution in [-0.2, 0) is 23.5 Å². The molecule has 72 valence electrons. The molecule has 0 radical (unpaired) electrons. The van der Waals surface area contributed by atoms with Crippen LogP contribution in [0.1, 0.15) is 13.8 Å². The predicted molar refractivity (Wildman–Crippen MR) is 28.2 cm³/mol. The van der Waals surface area contributed by atoms with Crippen molar-refractivity contribution in [2.24, 2.45) is 0 Å². The summed E-state index contributed by atoms with van der Waals surface area (Å²) in [6.07, 6.45) is 0. The van der Waals surface area contributed by atoms with Gasteiger partial charge in [0, 0.05) is 0 Å². The summed E-state index contributed by atoms with van der Waals surface area (Å²) in [6.45, 7) is 6.03. The summed E-state index contributed by atoms with van der Waals surface area (Å²) >= 11 is -6.02. The van der Waals surface area contributed by atoms with Gasteiger partial charge in [-0.05, 0) is 13.8 Å². The Kier molecular flexibility index (Phi) is 20.1. The van der Waals surface area contributed by atoms with E-state index in [9.17, 15) is 0 Å². The molecule has 0 spiro atoms. The van der Waals surface area contributed by atoms with E-state index in [1.54, 1.807) is 0 Å². The number of hydrogen-bond donors (Lipinski definition) is 2. The molecule has 0 rings (SSSR count). The molecule has 0 saturated carbocycles. The Balaban J connectivity index is -0.0000000933. The van der Waals surface area contributed by atoms with Crippen molar-refractivity contribution in [1.82, 2.24) is 0 Å². The van der Waals surface area contributed by atoms with Crippen molar-refractivity contribution in [3.8, 4) is 0 Å². The Morgan fingerprint density at radius 1 is 1.09 bits per heavy atom. The van der Waals surface area contributed by atoms with E-state index < -0.39 is 16.7 Å². The molecular weight excluding hydrogens is 236 g/mol. The van der Waals surface area contributed by atoms with Crippen molar-refractivity contribution in [1.29, 1.82) is 0 Å². The van der Waals surface area contributed by atoms with Crippen LogP contribution < -0.4 is 19.0 Å². The summed E-state index contributed by atoms with van der Waals surface area (Å²) in [5.74, 6) is 0. The van der Waals surface area contributed by atoms with Gasteiger partial charge in [0.2, 0.25) is 0 Å². The van der Waals surface area contributed by atoms with Gasteiger partial charge in [-0.3, -0.25) is 0 Å². The second-order valence-electron chi connectivity index (χ2n) is 1.41.